The van der Waals surface area contributed by atoms with Gasteiger partial charge in [0.2, 0.25) is 0 Å². The standard InChI is InChI=1S/C24H24N2O3S2/c1-13-2-6-16-20(10-13)31-24-21(16)23(25-22(26-24)14-3-4-14)30-12-17(27)15-5-7-18-19(11-15)29-9-8-28-18/h5,7,11,13-14H,2-4,6,8-10,12H2,1H3/t13-/m1/s1. The first-order valence-electron chi connectivity index (χ1n) is 11.0. The first kappa shape index (κ1) is 19.6. The zero-order valence-corrected chi connectivity index (χ0v) is 19.1. The molecule has 0 amide bonds. The maximum Gasteiger partial charge on any atom is 0.173 e. The average Bonchev–Trinajstić information content (AvgIpc) is 3.57. The number of ether oxygens (including phenoxy) is 2. The number of nitrogens with zero attached hydrogens (tertiary/aromatic N) is 2. The normalized spacial score (nSPS) is 20.0. The van der Waals surface area contributed by atoms with Gasteiger partial charge in [-0.15, -0.1) is 11.3 Å². The summed E-state index contributed by atoms with van der Waals surface area (Å²) in [5.41, 5.74) is 2.08. The van der Waals surface area contributed by atoms with E-state index in [0.29, 0.717) is 41.9 Å². The second-order valence-electron chi connectivity index (χ2n) is 8.76. The quantitative estimate of drug-likeness (QED) is 0.292. The number of thiophene rings is 1. The Bertz CT molecular complexity index is 1190. The van der Waals surface area contributed by atoms with Crippen LogP contribution >= 0.6 is 23.1 Å². The summed E-state index contributed by atoms with van der Waals surface area (Å²) in [7, 11) is 0. The van der Waals surface area contributed by atoms with Crippen LogP contribution in [0, 0.1) is 5.92 Å². The number of aromatic nitrogens is 2. The van der Waals surface area contributed by atoms with Crippen LogP contribution < -0.4 is 9.47 Å². The number of carbonyl (C=O) groups excluding carboxylic acids is 1. The minimum absolute atomic E-state index is 0.0828. The molecule has 1 saturated carbocycles. The van der Waals surface area contributed by atoms with Crippen molar-refractivity contribution in [1.29, 1.82) is 0 Å². The van der Waals surface area contributed by atoms with Gasteiger partial charge in [0.05, 0.1) is 5.75 Å². The average molecular weight is 453 g/mol. The number of carbonyl (C=O) groups is 1. The molecule has 0 saturated heterocycles. The van der Waals surface area contributed by atoms with Crippen molar-refractivity contribution in [3.8, 4) is 11.5 Å². The zero-order valence-electron chi connectivity index (χ0n) is 17.5. The van der Waals surface area contributed by atoms with E-state index in [0.717, 1.165) is 34.4 Å². The lowest BCUT2D eigenvalue weighted by Gasteiger charge is -2.18. The Morgan fingerprint density at radius 1 is 1.16 bits per heavy atom. The summed E-state index contributed by atoms with van der Waals surface area (Å²) in [6.45, 7) is 3.40. The molecule has 31 heavy (non-hydrogen) atoms. The predicted molar refractivity (Wildman–Crippen MR) is 123 cm³/mol. The summed E-state index contributed by atoms with van der Waals surface area (Å²) in [6, 6.07) is 5.46. The summed E-state index contributed by atoms with van der Waals surface area (Å²) in [6.07, 6.45) is 5.78. The van der Waals surface area contributed by atoms with Crippen molar-refractivity contribution >= 4 is 39.1 Å². The van der Waals surface area contributed by atoms with Crippen LogP contribution in [0.2, 0.25) is 0 Å². The van der Waals surface area contributed by atoms with Crippen molar-refractivity contribution < 1.29 is 14.3 Å². The van der Waals surface area contributed by atoms with Crippen LogP contribution in [0.5, 0.6) is 11.5 Å². The highest BCUT2D eigenvalue weighted by molar-refractivity contribution is 8.00. The molecule has 1 aromatic carbocycles. The van der Waals surface area contributed by atoms with Crippen molar-refractivity contribution in [2.24, 2.45) is 5.92 Å². The molecule has 0 bridgehead atoms. The van der Waals surface area contributed by atoms with E-state index in [1.165, 1.54) is 35.1 Å². The number of Topliss-reactive ketones (excluding diaryl/α,β-unsaturated/α-hetero) is 1. The third-order valence-electron chi connectivity index (χ3n) is 6.29. The highest BCUT2D eigenvalue weighted by Crippen LogP contribution is 2.44. The molecule has 0 N–H and O–H groups in total. The largest absolute Gasteiger partial charge is 0.486 e. The van der Waals surface area contributed by atoms with Crippen LogP contribution in [-0.2, 0) is 12.8 Å². The molecule has 1 atom stereocenters. The molecule has 6 rings (SSSR count). The number of hydrogen-bond donors (Lipinski definition) is 0. The van der Waals surface area contributed by atoms with Crippen LogP contribution in [-0.4, -0.2) is 34.7 Å². The lowest BCUT2D eigenvalue weighted by molar-refractivity contribution is 0.102. The van der Waals surface area contributed by atoms with E-state index < -0.39 is 0 Å². The molecule has 5 nitrogen and oxygen atoms in total. The van der Waals surface area contributed by atoms with Gasteiger partial charge < -0.3 is 9.47 Å². The third-order valence-corrected chi connectivity index (χ3v) is 8.41. The van der Waals surface area contributed by atoms with Crippen molar-refractivity contribution in [3.05, 3.63) is 40.0 Å². The molecule has 2 aromatic heterocycles. The first-order valence-corrected chi connectivity index (χ1v) is 12.8. The first-order chi connectivity index (χ1) is 15.2. The number of thioether (sulfide) groups is 1. The SMILES string of the molecule is C[C@@H]1CCc2c(sc3nc(C4CC4)nc(SCC(=O)c4ccc5c(c4)OCCO5)c23)C1. The van der Waals surface area contributed by atoms with E-state index >= 15 is 0 Å². The van der Waals surface area contributed by atoms with E-state index in [2.05, 4.69) is 6.92 Å². The molecule has 1 aliphatic heterocycles. The van der Waals surface area contributed by atoms with E-state index in [1.54, 1.807) is 17.8 Å². The second kappa shape index (κ2) is 7.78. The van der Waals surface area contributed by atoms with Gasteiger partial charge in [-0.1, -0.05) is 18.7 Å². The highest BCUT2D eigenvalue weighted by Gasteiger charge is 2.30. The van der Waals surface area contributed by atoms with Crippen LogP contribution in [0.4, 0.5) is 0 Å². The molecule has 0 radical (unpaired) electrons. The Labute approximate surface area is 189 Å². The maximum atomic E-state index is 13.0. The van der Waals surface area contributed by atoms with Gasteiger partial charge in [0.25, 0.3) is 0 Å². The van der Waals surface area contributed by atoms with Crippen LogP contribution in [0.25, 0.3) is 10.2 Å². The Morgan fingerprint density at radius 3 is 2.84 bits per heavy atom. The predicted octanol–water partition coefficient (Wildman–Crippen LogP) is 5.44. The Hall–Kier alpha value is -2.12. The van der Waals surface area contributed by atoms with E-state index in [9.17, 15) is 4.79 Å². The Kier molecular flexibility index (Phi) is 4.91. The van der Waals surface area contributed by atoms with Gasteiger partial charge in [-0.05, 0) is 61.8 Å². The topological polar surface area (TPSA) is 61.3 Å². The van der Waals surface area contributed by atoms with Gasteiger partial charge in [0, 0.05) is 21.7 Å². The van der Waals surface area contributed by atoms with Crippen LogP contribution in [0.15, 0.2) is 23.2 Å². The van der Waals surface area contributed by atoms with Gasteiger partial charge in [0.15, 0.2) is 17.3 Å². The Balaban J connectivity index is 1.30. The number of benzene rings is 1. The zero-order chi connectivity index (χ0) is 20.9. The van der Waals surface area contributed by atoms with Crippen LogP contribution in [0.3, 0.4) is 0 Å². The minimum Gasteiger partial charge on any atom is -0.486 e. The van der Waals surface area contributed by atoms with E-state index in [4.69, 9.17) is 19.4 Å². The van der Waals surface area contributed by atoms with Gasteiger partial charge >= 0.3 is 0 Å². The summed E-state index contributed by atoms with van der Waals surface area (Å²) < 4.78 is 11.2. The summed E-state index contributed by atoms with van der Waals surface area (Å²) >= 11 is 3.41. The van der Waals surface area contributed by atoms with Gasteiger partial charge in [-0.3, -0.25) is 4.79 Å². The highest BCUT2D eigenvalue weighted by atomic mass is 32.2. The van der Waals surface area contributed by atoms with Gasteiger partial charge in [0.1, 0.15) is 28.9 Å². The Morgan fingerprint density at radius 2 is 2.00 bits per heavy atom. The monoisotopic (exact) mass is 452 g/mol. The lowest BCUT2D eigenvalue weighted by Crippen LogP contribution is -2.16. The third kappa shape index (κ3) is 3.72. The molecule has 0 unspecified atom stereocenters. The molecule has 160 valence electrons. The summed E-state index contributed by atoms with van der Waals surface area (Å²) in [5.74, 6) is 3.99. The summed E-state index contributed by atoms with van der Waals surface area (Å²) in [4.78, 5) is 25.5. The van der Waals surface area contributed by atoms with E-state index in [1.807, 2.05) is 23.5 Å². The number of ketones is 1. The minimum atomic E-state index is 0.0828. The smallest absolute Gasteiger partial charge is 0.173 e. The van der Waals surface area contributed by atoms with Crippen molar-refractivity contribution in [2.45, 2.75) is 50.0 Å². The molecule has 7 heteroatoms. The fourth-order valence-electron chi connectivity index (χ4n) is 4.39. The fourth-order valence-corrected chi connectivity index (χ4v) is 6.80. The maximum absolute atomic E-state index is 13.0. The van der Waals surface area contributed by atoms with Crippen LogP contribution in [0.1, 0.15) is 58.7 Å². The molecule has 1 fully saturated rings. The lowest BCUT2D eigenvalue weighted by atomic mass is 9.89. The number of fused-ring (bicyclic) bond motifs is 4. The van der Waals surface area contributed by atoms with Gasteiger partial charge in [-0.2, -0.15) is 0 Å². The van der Waals surface area contributed by atoms with E-state index in [-0.39, 0.29) is 5.78 Å². The molecule has 2 aliphatic carbocycles. The molecule has 3 aliphatic rings. The van der Waals surface area contributed by atoms with Crippen molar-refractivity contribution in [3.63, 3.8) is 0 Å². The molecule has 3 aromatic rings. The molecular weight excluding hydrogens is 428 g/mol. The fraction of sp³-hybridized carbons (Fsp3) is 0.458. The number of aryl methyl sites for hydroxylation is 1. The molecule has 0 spiro atoms. The molecule has 3 heterocycles. The number of hydrogen-bond acceptors (Lipinski definition) is 7. The molecular formula is C24H24N2O3S2. The number of rotatable bonds is 5. The summed E-state index contributed by atoms with van der Waals surface area (Å²) in [5, 5.41) is 2.20. The van der Waals surface area contributed by atoms with Gasteiger partial charge in [-0.25, -0.2) is 9.97 Å². The van der Waals surface area contributed by atoms with Crippen molar-refractivity contribution in [2.75, 3.05) is 19.0 Å². The van der Waals surface area contributed by atoms with Crippen molar-refractivity contribution in [1.82, 2.24) is 9.97 Å². The second-order valence-corrected chi connectivity index (χ2v) is 10.8.